The second-order valence-electron chi connectivity index (χ2n) is 6.59. The number of halogens is 3. The van der Waals surface area contributed by atoms with Gasteiger partial charge in [0.25, 0.3) is 5.69 Å². The van der Waals surface area contributed by atoms with Crippen molar-refractivity contribution >= 4 is 41.2 Å². The molecule has 0 fully saturated rings. The maximum atomic E-state index is 12.8. The van der Waals surface area contributed by atoms with Crippen LogP contribution in [0, 0.1) is 10.1 Å². The summed E-state index contributed by atoms with van der Waals surface area (Å²) in [5.41, 5.74) is 1.22. The molecule has 0 bridgehead atoms. The van der Waals surface area contributed by atoms with Gasteiger partial charge in [-0.1, -0.05) is 17.8 Å². The lowest BCUT2D eigenvalue weighted by Crippen LogP contribution is -2.15. The van der Waals surface area contributed by atoms with Crippen LogP contribution in [0.1, 0.15) is 11.1 Å². The number of benzene rings is 2. The van der Waals surface area contributed by atoms with Crippen molar-refractivity contribution in [2.75, 3.05) is 23.6 Å². The third kappa shape index (κ3) is 6.83. The molecule has 0 saturated heterocycles. The topological polar surface area (TPSA) is 168 Å². The highest BCUT2D eigenvalue weighted by Gasteiger charge is 2.30. The average Bonchev–Trinajstić information content (AvgIpc) is 3.25. The number of aromatic nitrogens is 3. The summed E-state index contributed by atoms with van der Waals surface area (Å²) in [7, 11) is 1.29. The predicted octanol–water partition coefficient (Wildman–Crippen LogP) is 3.62. The van der Waals surface area contributed by atoms with Crippen LogP contribution in [0.15, 0.2) is 46.7 Å². The van der Waals surface area contributed by atoms with E-state index in [9.17, 15) is 33.2 Å². The molecule has 35 heavy (non-hydrogen) atoms. The van der Waals surface area contributed by atoms with Gasteiger partial charge >= 0.3 is 6.18 Å². The molecule has 0 spiro atoms. The molecule has 3 rings (SSSR count). The summed E-state index contributed by atoms with van der Waals surface area (Å²) in [5, 5.41) is 33.5. The fourth-order valence-corrected chi connectivity index (χ4v) is 3.22. The Balaban J connectivity index is 1.56. The molecule has 2 aromatic carbocycles. The van der Waals surface area contributed by atoms with E-state index < -0.39 is 34.0 Å². The first-order chi connectivity index (χ1) is 16.6. The summed E-state index contributed by atoms with van der Waals surface area (Å²) < 4.78 is 43.2. The molecule has 0 aliphatic carbocycles. The zero-order valence-corrected chi connectivity index (χ0v) is 18.5. The first-order valence-electron chi connectivity index (χ1n) is 9.43. The maximum absolute atomic E-state index is 12.8. The number of nitrogens with zero attached hydrogens (tertiary/aromatic N) is 4. The van der Waals surface area contributed by atoms with E-state index in [1.54, 1.807) is 0 Å². The van der Waals surface area contributed by atoms with Gasteiger partial charge in [-0.3, -0.25) is 14.9 Å². The van der Waals surface area contributed by atoms with Crippen LogP contribution in [0.3, 0.4) is 0 Å². The summed E-state index contributed by atoms with van der Waals surface area (Å²) in [6, 6.07) is 6.38. The molecule has 1 amide bonds. The highest BCUT2D eigenvalue weighted by Crippen LogP contribution is 2.33. The number of phenols is 1. The van der Waals surface area contributed by atoms with Gasteiger partial charge in [0.15, 0.2) is 11.5 Å². The number of aromatic amines is 1. The van der Waals surface area contributed by atoms with Gasteiger partial charge in [-0.25, -0.2) is 10.5 Å². The van der Waals surface area contributed by atoms with E-state index in [0.29, 0.717) is 0 Å². The highest BCUT2D eigenvalue weighted by molar-refractivity contribution is 7.99. The minimum absolute atomic E-state index is 0.00272. The molecule has 1 heterocycles. The van der Waals surface area contributed by atoms with Crippen molar-refractivity contribution in [3.63, 3.8) is 0 Å². The number of amides is 1. The van der Waals surface area contributed by atoms with E-state index in [1.165, 1.54) is 25.3 Å². The van der Waals surface area contributed by atoms with E-state index in [2.05, 4.69) is 31.0 Å². The van der Waals surface area contributed by atoms with E-state index in [0.717, 1.165) is 36.2 Å². The number of H-pyrrole nitrogens is 1. The highest BCUT2D eigenvalue weighted by atomic mass is 32.2. The van der Waals surface area contributed by atoms with Crippen LogP contribution < -0.4 is 15.5 Å². The number of anilines is 2. The number of hydrogen-bond donors (Lipinski definition) is 4. The van der Waals surface area contributed by atoms with Gasteiger partial charge in [0.05, 0.1) is 41.2 Å². The lowest BCUT2D eigenvalue weighted by atomic mass is 10.1. The van der Waals surface area contributed by atoms with Crippen LogP contribution in [0.25, 0.3) is 0 Å². The van der Waals surface area contributed by atoms with Crippen LogP contribution in [0.5, 0.6) is 11.5 Å². The number of carbonyl (C=O) groups is 1. The Morgan fingerprint density at radius 3 is 2.83 bits per heavy atom. The van der Waals surface area contributed by atoms with Gasteiger partial charge in [0, 0.05) is 5.69 Å². The Morgan fingerprint density at radius 1 is 1.37 bits per heavy atom. The molecule has 0 aliphatic rings. The number of hydrogen-bond acceptors (Lipinski definition) is 10. The Kier molecular flexibility index (Phi) is 7.75. The molecular formula is C19H16F3N7O5S. The summed E-state index contributed by atoms with van der Waals surface area (Å²) >= 11 is 0.908. The maximum Gasteiger partial charge on any atom is 0.416 e. The first-order valence-corrected chi connectivity index (χ1v) is 10.4. The number of nitrogens with one attached hydrogen (secondary N) is 3. The zero-order chi connectivity index (χ0) is 25.6. The quantitative estimate of drug-likeness (QED) is 0.145. The second kappa shape index (κ2) is 10.7. The number of methoxy groups -OCH3 is 1. The zero-order valence-electron chi connectivity index (χ0n) is 17.7. The number of aromatic hydroxyl groups is 1. The fraction of sp³-hybridized carbons (Fsp3) is 0.158. The largest absolute Gasteiger partial charge is 0.504 e. The van der Waals surface area contributed by atoms with E-state index in [-0.39, 0.29) is 33.9 Å². The van der Waals surface area contributed by atoms with Crippen LogP contribution in [-0.2, 0) is 11.0 Å². The van der Waals surface area contributed by atoms with Crippen LogP contribution in [0.4, 0.5) is 30.5 Å². The number of phenolic OH excluding ortho intramolecular Hbond substituents is 1. The summed E-state index contributed by atoms with van der Waals surface area (Å²) in [6.07, 6.45) is -3.42. The Bertz CT molecular complexity index is 1270. The molecule has 0 radical (unpaired) electrons. The van der Waals surface area contributed by atoms with Crippen molar-refractivity contribution in [3.05, 3.63) is 57.6 Å². The van der Waals surface area contributed by atoms with E-state index >= 15 is 0 Å². The monoisotopic (exact) mass is 511 g/mol. The third-order valence-corrected chi connectivity index (χ3v) is 5.02. The number of hydrazone groups is 1. The molecule has 0 aliphatic heterocycles. The summed E-state index contributed by atoms with van der Waals surface area (Å²) in [6.45, 7) is 0. The molecule has 0 unspecified atom stereocenters. The van der Waals surface area contributed by atoms with Crippen LogP contribution in [0.2, 0.25) is 0 Å². The van der Waals surface area contributed by atoms with E-state index in [4.69, 9.17) is 4.74 Å². The van der Waals surface area contributed by atoms with E-state index in [1.807, 2.05) is 0 Å². The molecule has 0 saturated carbocycles. The average molecular weight is 511 g/mol. The lowest BCUT2D eigenvalue weighted by molar-refractivity contribution is -0.385. The predicted molar refractivity (Wildman–Crippen MR) is 120 cm³/mol. The van der Waals surface area contributed by atoms with Crippen molar-refractivity contribution < 1.29 is 32.7 Å². The smallest absolute Gasteiger partial charge is 0.416 e. The number of nitro groups is 1. The Morgan fingerprint density at radius 2 is 2.14 bits per heavy atom. The van der Waals surface area contributed by atoms with Gasteiger partial charge in [-0.2, -0.15) is 23.3 Å². The number of thioether (sulfide) groups is 1. The van der Waals surface area contributed by atoms with Gasteiger partial charge in [0.1, 0.15) is 0 Å². The van der Waals surface area contributed by atoms with Crippen molar-refractivity contribution in [3.8, 4) is 11.5 Å². The number of nitro benzene ring substituents is 1. The molecule has 1 aromatic heterocycles. The molecule has 12 nitrogen and oxygen atoms in total. The standard InChI is InChI=1S/C19H16F3N7O5S/c1-34-15-5-10(13(29(32)33)7-14(15)30)8-23-26-17-25-18(28-27-17)35-9-16(31)24-12-4-2-3-11(6-12)19(20,21)22/h2-8,30H,9H2,1H3,(H,24,31)(H2,25,26,27,28)/b23-8-. The molecular weight excluding hydrogens is 495 g/mol. The molecule has 0 atom stereocenters. The van der Waals surface area contributed by atoms with Gasteiger partial charge in [-0.05, 0) is 24.3 Å². The first kappa shape index (κ1) is 25.3. The second-order valence-corrected chi connectivity index (χ2v) is 7.53. The van der Waals surface area contributed by atoms with Crippen molar-refractivity contribution in [2.24, 2.45) is 5.10 Å². The Labute approximate surface area is 198 Å². The summed E-state index contributed by atoms with van der Waals surface area (Å²) in [4.78, 5) is 26.5. The summed E-state index contributed by atoms with van der Waals surface area (Å²) in [5.74, 6) is -1.09. The van der Waals surface area contributed by atoms with Crippen molar-refractivity contribution in [1.29, 1.82) is 0 Å². The fourth-order valence-electron chi connectivity index (χ4n) is 2.62. The normalized spacial score (nSPS) is 11.4. The van der Waals surface area contributed by atoms with Crippen molar-refractivity contribution in [2.45, 2.75) is 11.3 Å². The SMILES string of the molecule is COc1cc(/C=N\Nc2nc(SCC(=O)Nc3cccc(C(F)(F)F)c3)n[nH]2)c([N+](=O)[O-])cc1O. The van der Waals surface area contributed by atoms with Gasteiger partial charge in [-0.15, -0.1) is 5.10 Å². The number of ether oxygens (including phenoxy) is 1. The van der Waals surface area contributed by atoms with Gasteiger partial charge < -0.3 is 15.2 Å². The Hall–Kier alpha value is -4.34. The third-order valence-electron chi connectivity index (χ3n) is 4.17. The molecule has 4 N–H and O–H groups in total. The number of alkyl halides is 3. The van der Waals surface area contributed by atoms with Gasteiger partial charge in [0.2, 0.25) is 17.0 Å². The van der Waals surface area contributed by atoms with Crippen molar-refractivity contribution in [1.82, 2.24) is 15.2 Å². The molecule has 16 heteroatoms. The lowest BCUT2D eigenvalue weighted by Gasteiger charge is -2.09. The number of carbonyl (C=O) groups excluding carboxylic acids is 1. The molecule has 184 valence electrons. The minimum atomic E-state index is -4.53. The minimum Gasteiger partial charge on any atom is -0.504 e. The molecule has 3 aromatic rings. The van der Waals surface area contributed by atoms with Crippen LogP contribution in [-0.4, -0.2) is 50.2 Å². The number of rotatable bonds is 9. The van der Waals surface area contributed by atoms with Crippen LogP contribution >= 0.6 is 11.8 Å².